The van der Waals surface area contributed by atoms with Crippen LogP contribution in [0.25, 0.3) is 0 Å². The first-order valence-corrected chi connectivity index (χ1v) is 7.44. The van der Waals surface area contributed by atoms with E-state index >= 15 is 0 Å². The molecule has 1 aromatic rings. The van der Waals surface area contributed by atoms with Crippen LogP contribution in [0.1, 0.15) is 19.8 Å². The van der Waals surface area contributed by atoms with Crippen LogP contribution in [0.5, 0.6) is 5.75 Å². The third-order valence-electron chi connectivity index (χ3n) is 2.54. The minimum absolute atomic E-state index is 0. The van der Waals surface area contributed by atoms with E-state index in [1.54, 1.807) is 18.2 Å². The second-order valence-corrected chi connectivity index (χ2v) is 5.09. The highest BCUT2D eigenvalue weighted by Gasteiger charge is 2.03. The Morgan fingerprint density at radius 2 is 1.95 bits per heavy atom. The number of nitrogens with one attached hydrogen (secondary N) is 2. The largest absolute Gasteiger partial charge is 0.493 e. The summed E-state index contributed by atoms with van der Waals surface area (Å²) in [6.45, 7) is 4.80. The van der Waals surface area contributed by atoms with Crippen LogP contribution in [0.2, 0.25) is 10.0 Å². The van der Waals surface area contributed by atoms with Gasteiger partial charge in [0.25, 0.3) is 0 Å². The summed E-state index contributed by atoms with van der Waals surface area (Å²) in [5.41, 5.74) is 0. The predicted octanol–water partition coefficient (Wildman–Crippen LogP) is 3.30. The molecule has 0 spiro atoms. The first kappa shape index (κ1) is 20.3. The van der Waals surface area contributed by atoms with Crippen LogP contribution in [-0.2, 0) is 4.79 Å². The van der Waals surface area contributed by atoms with E-state index < -0.39 is 0 Å². The maximum atomic E-state index is 11.5. The number of hydrogen-bond donors (Lipinski definition) is 2. The van der Waals surface area contributed by atoms with Crippen molar-refractivity contribution in [2.75, 3.05) is 26.2 Å². The monoisotopic (exact) mass is 354 g/mol. The van der Waals surface area contributed by atoms with Gasteiger partial charge >= 0.3 is 0 Å². The van der Waals surface area contributed by atoms with Gasteiger partial charge in [-0.3, -0.25) is 4.79 Å². The van der Waals surface area contributed by atoms with Crippen LogP contribution in [0.15, 0.2) is 18.2 Å². The molecule has 0 heterocycles. The van der Waals surface area contributed by atoms with E-state index in [1.165, 1.54) is 0 Å². The van der Waals surface area contributed by atoms with Gasteiger partial charge in [0.2, 0.25) is 5.91 Å². The number of rotatable bonds is 9. The van der Waals surface area contributed by atoms with Crippen LogP contribution < -0.4 is 15.4 Å². The lowest BCUT2D eigenvalue weighted by molar-refractivity contribution is -0.121. The van der Waals surface area contributed by atoms with Crippen LogP contribution in [0.3, 0.4) is 0 Å². The van der Waals surface area contributed by atoms with Gasteiger partial charge in [-0.05, 0) is 25.1 Å². The van der Waals surface area contributed by atoms with Crippen molar-refractivity contribution < 1.29 is 9.53 Å². The van der Waals surface area contributed by atoms with E-state index in [4.69, 9.17) is 27.9 Å². The Morgan fingerprint density at radius 3 is 2.62 bits per heavy atom. The molecule has 21 heavy (non-hydrogen) atoms. The molecule has 1 aromatic carbocycles. The lowest BCUT2D eigenvalue weighted by Crippen LogP contribution is -2.32. The van der Waals surface area contributed by atoms with Gasteiger partial charge in [0, 0.05) is 19.2 Å². The van der Waals surface area contributed by atoms with Crippen molar-refractivity contribution in [3.63, 3.8) is 0 Å². The Hall–Kier alpha value is -0.680. The fourth-order valence-electron chi connectivity index (χ4n) is 1.51. The molecule has 4 nitrogen and oxygen atoms in total. The first-order valence-electron chi connectivity index (χ1n) is 6.68. The number of carbonyl (C=O) groups is 1. The molecule has 0 radical (unpaired) electrons. The van der Waals surface area contributed by atoms with Gasteiger partial charge in [0.15, 0.2) is 0 Å². The summed E-state index contributed by atoms with van der Waals surface area (Å²) < 4.78 is 5.44. The summed E-state index contributed by atoms with van der Waals surface area (Å²) in [5.74, 6) is 0.583. The van der Waals surface area contributed by atoms with Crippen molar-refractivity contribution in [2.24, 2.45) is 0 Å². The molecule has 1 rings (SSSR count). The number of benzene rings is 1. The topological polar surface area (TPSA) is 50.4 Å². The van der Waals surface area contributed by atoms with Crippen LogP contribution in [0.4, 0.5) is 0 Å². The molecule has 0 atom stereocenters. The zero-order valence-corrected chi connectivity index (χ0v) is 14.3. The number of carbonyl (C=O) groups excluding carboxylic acids is 1. The highest BCUT2D eigenvalue weighted by Crippen LogP contribution is 2.26. The summed E-state index contributed by atoms with van der Waals surface area (Å²) in [7, 11) is 0. The molecule has 1 amide bonds. The molecule has 7 heteroatoms. The van der Waals surface area contributed by atoms with Crippen molar-refractivity contribution in [3.05, 3.63) is 28.2 Å². The van der Waals surface area contributed by atoms with Crippen molar-refractivity contribution in [2.45, 2.75) is 19.8 Å². The molecule has 0 saturated heterocycles. The van der Waals surface area contributed by atoms with Gasteiger partial charge in [-0.2, -0.15) is 0 Å². The molecule has 120 valence electrons. The van der Waals surface area contributed by atoms with Crippen molar-refractivity contribution in [1.29, 1.82) is 0 Å². The predicted molar refractivity (Wildman–Crippen MR) is 90.0 cm³/mol. The van der Waals surface area contributed by atoms with E-state index in [1.807, 2.05) is 0 Å². The number of hydrogen-bond acceptors (Lipinski definition) is 3. The second-order valence-electron chi connectivity index (χ2n) is 4.27. The van der Waals surface area contributed by atoms with Crippen LogP contribution in [0, 0.1) is 0 Å². The molecule has 0 aliphatic rings. The highest BCUT2D eigenvalue weighted by molar-refractivity contribution is 6.42. The van der Waals surface area contributed by atoms with Crippen molar-refractivity contribution >= 4 is 41.5 Å². The average Bonchev–Trinajstić information content (AvgIpc) is 2.42. The third kappa shape index (κ3) is 9.04. The molecule has 0 aliphatic carbocycles. The van der Waals surface area contributed by atoms with Gasteiger partial charge in [-0.15, -0.1) is 12.4 Å². The quantitative estimate of drug-likeness (QED) is 0.668. The maximum absolute atomic E-state index is 11.5. The van der Waals surface area contributed by atoms with E-state index in [2.05, 4.69) is 17.6 Å². The molecule has 0 fully saturated rings. The first-order chi connectivity index (χ1) is 9.63. The second kappa shape index (κ2) is 11.9. The smallest absolute Gasteiger partial charge is 0.223 e. The van der Waals surface area contributed by atoms with Crippen molar-refractivity contribution in [3.8, 4) is 5.75 Å². The van der Waals surface area contributed by atoms with Crippen LogP contribution in [-0.4, -0.2) is 32.1 Å². The summed E-state index contributed by atoms with van der Waals surface area (Å²) in [4.78, 5) is 11.5. The Balaban J connectivity index is 0.00000400. The standard InChI is InChI=1S/C14H20Cl2N2O2.ClH/c1-2-6-17-7-8-18-14(19)5-9-20-11-3-4-12(15)13(16)10-11;/h3-4,10,17H,2,5-9H2,1H3,(H,18,19);1H. The third-order valence-corrected chi connectivity index (χ3v) is 3.28. The Bertz CT molecular complexity index is 431. The summed E-state index contributed by atoms with van der Waals surface area (Å²) in [6.07, 6.45) is 1.40. The zero-order chi connectivity index (χ0) is 14.8. The summed E-state index contributed by atoms with van der Waals surface area (Å²) in [5, 5.41) is 6.95. The van der Waals surface area contributed by atoms with E-state index in [0.717, 1.165) is 19.5 Å². The molecule has 0 aliphatic heterocycles. The van der Waals surface area contributed by atoms with Gasteiger partial charge in [0.1, 0.15) is 5.75 Å². The van der Waals surface area contributed by atoms with Gasteiger partial charge in [-0.25, -0.2) is 0 Å². The number of ether oxygens (including phenoxy) is 1. The average molecular weight is 356 g/mol. The number of halogens is 3. The minimum Gasteiger partial charge on any atom is -0.493 e. The molecule has 0 unspecified atom stereocenters. The summed E-state index contributed by atoms with van der Waals surface area (Å²) in [6, 6.07) is 5.02. The van der Waals surface area contributed by atoms with E-state index in [9.17, 15) is 4.79 Å². The number of amides is 1. The molecule has 2 N–H and O–H groups in total. The Labute approximate surface area is 141 Å². The van der Waals surface area contributed by atoms with Crippen LogP contribution >= 0.6 is 35.6 Å². The Morgan fingerprint density at radius 1 is 1.19 bits per heavy atom. The molecular formula is C14H21Cl3N2O2. The fourth-order valence-corrected chi connectivity index (χ4v) is 1.80. The zero-order valence-electron chi connectivity index (χ0n) is 12.0. The fraction of sp³-hybridized carbons (Fsp3) is 0.500. The lowest BCUT2D eigenvalue weighted by atomic mass is 10.3. The van der Waals surface area contributed by atoms with Gasteiger partial charge in [0.05, 0.1) is 23.1 Å². The van der Waals surface area contributed by atoms with E-state index in [-0.39, 0.29) is 18.3 Å². The SMILES string of the molecule is CCCNCCNC(=O)CCOc1ccc(Cl)c(Cl)c1.Cl. The summed E-state index contributed by atoms with van der Waals surface area (Å²) >= 11 is 11.7. The normalized spacial score (nSPS) is 9.86. The molecule has 0 aromatic heterocycles. The molecular weight excluding hydrogens is 335 g/mol. The minimum atomic E-state index is -0.0247. The molecule has 0 bridgehead atoms. The van der Waals surface area contributed by atoms with Gasteiger partial charge < -0.3 is 15.4 Å². The lowest BCUT2D eigenvalue weighted by Gasteiger charge is -2.08. The maximum Gasteiger partial charge on any atom is 0.223 e. The van der Waals surface area contributed by atoms with Gasteiger partial charge in [-0.1, -0.05) is 30.1 Å². The highest BCUT2D eigenvalue weighted by atomic mass is 35.5. The van der Waals surface area contributed by atoms with E-state index in [0.29, 0.717) is 35.4 Å². The Kier molecular flexibility index (Phi) is 11.5. The molecule has 0 saturated carbocycles. The van der Waals surface area contributed by atoms with Crippen molar-refractivity contribution in [1.82, 2.24) is 10.6 Å².